The standard InChI is InChI=1S/C21H29N3O/c1-15(2)12-17(22)14-18-19(24-11-7-6-10-21(24)23-18)13-16-8-4-5-9-20(16)25-3/h4-11,15,17-19H,12-14,22H2,1-3H3. The molecule has 0 bridgehead atoms. The van der Waals surface area contributed by atoms with Crippen LogP contribution in [0.5, 0.6) is 5.75 Å². The van der Waals surface area contributed by atoms with E-state index in [0.717, 1.165) is 30.8 Å². The lowest BCUT2D eigenvalue weighted by Crippen LogP contribution is -2.40. The van der Waals surface area contributed by atoms with Crippen LogP contribution in [0.1, 0.15) is 32.3 Å². The van der Waals surface area contributed by atoms with E-state index in [1.54, 1.807) is 7.11 Å². The van der Waals surface area contributed by atoms with Crippen LogP contribution >= 0.6 is 0 Å². The van der Waals surface area contributed by atoms with Crippen molar-refractivity contribution in [3.63, 3.8) is 0 Å². The van der Waals surface area contributed by atoms with E-state index in [0.29, 0.717) is 5.92 Å². The Morgan fingerprint density at radius 3 is 2.80 bits per heavy atom. The van der Waals surface area contributed by atoms with Gasteiger partial charge in [-0.2, -0.15) is 0 Å². The Labute approximate surface area is 151 Å². The lowest BCUT2D eigenvalue weighted by Gasteiger charge is -2.29. The first-order valence-electron chi connectivity index (χ1n) is 9.17. The molecular formula is C21H29N3O. The maximum absolute atomic E-state index is 6.41. The number of benzene rings is 1. The Bertz CT molecular complexity index is 677. The van der Waals surface area contributed by atoms with Gasteiger partial charge in [-0.1, -0.05) is 38.1 Å². The molecule has 2 aliphatic heterocycles. The number of nitrogens with zero attached hydrogens (tertiary/aromatic N) is 2. The van der Waals surface area contributed by atoms with E-state index in [2.05, 4.69) is 49.2 Å². The van der Waals surface area contributed by atoms with Crippen molar-refractivity contribution >= 4 is 5.84 Å². The first-order chi connectivity index (χ1) is 12.1. The molecular weight excluding hydrogens is 310 g/mol. The average molecular weight is 339 g/mol. The molecule has 3 unspecified atom stereocenters. The topological polar surface area (TPSA) is 50.9 Å². The smallest absolute Gasteiger partial charge is 0.128 e. The molecule has 0 radical (unpaired) electrons. The fourth-order valence-electron chi connectivity index (χ4n) is 3.83. The molecule has 0 amide bonds. The molecule has 2 N–H and O–H groups in total. The second-order valence-corrected chi connectivity index (χ2v) is 7.37. The van der Waals surface area contributed by atoms with Gasteiger partial charge in [0.05, 0.1) is 19.2 Å². The molecule has 25 heavy (non-hydrogen) atoms. The molecule has 4 nitrogen and oxygen atoms in total. The molecule has 134 valence electrons. The van der Waals surface area contributed by atoms with Crippen molar-refractivity contribution in [2.45, 2.75) is 51.2 Å². The molecule has 1 aromatic carbocycles. The number of fused-ring (bicyclic) bond motifs is 1. The van der Waals surface area contributed by atoms with Crippen LogP contribution in [-0.4, -0.2) is 36.0 Å². The summed E-state index contributed by atoms with van der Waals surface area (Å²) in [5.41, 5.74) is 7.63. The van der Waals surface area contributed by atoms with E-state index in [9.17, 15) is 0 Å². The molecule has 0 aliphatic carbocycles. The van der Waals surface area contributed by atoms with E-state index < -0.39 is 0 Å². The minimum absolute atomic E-state index is 0.184. The zero-order valence-corrected chi connectivity index (χ0v) is 15.4. The molecule has 3 rings (SSSR count). The lowest BCUT2D eigenvalue weighted by molar-refractivity contribution is 0.331. The molecule has 2 heterocycles. The van der Waals surface area contributed by atoms with Gasteiger partial charge in [-0.3, -0.25) is 4.99 Å². The highest BCUT2D eigenvalue weighted by molar-refractivity contribution is 5.96. The number of ether oxygens (including phenoxy) is 1. The highest BCUT2D eigenvalue weighted by Gasteiger charge is 2.36. The van der Waals surface area contributed by atoms with Crippen molar-refractivity contribution in [2.24, 2.45) is 16.6 Å². The third-order valence-corrected chi connectivity index (χ3v) is 4.91. The Morgan fingerprint density at radius 2 is 2.04 bits per heavy atom. The fraction of sp³-hybridized carbons (Fsp3) is 0.476. The van der Waals surface area contributed by atoms with Crippen LogP contribution in [0, 0.1) is 5.92 Å². The summed E-state index contributed by atoms with van der Waals surface area (Å²) in [7, 11) is 1.73. The van der Waals surface area contributed by atoms with E-state index in [-0.39, 0.29) is 18.1 Å². The second kappa shape index (κ2) is 7.87. The van der Waals surface area contributed by atoms with Gasteiger partial charge in [0, 0.05) is 12.2 Å². The third kappa shape index (κ3) is 4.13. The molecule has 3 atom stereocenters. The molecule has 2 aliphatic rings. The van der Waals surface area contributed by atoms with Crippen LogP contribution < -0.4 is 10.5 Å². The largest absolute Gasteiger partial charge is 0.496 e. The van der Waals surface area contributed by atoms with Crippen LogP contribution in [0.2, 0.25) is 0 Å². The van der Waals surface area contributed by atoms with Gasteiger partial charge in [-0.15, -0.1) is 0 Å². The summed E-state index contributed by atoms with van der Waals surface area (Å²) in [6.07, 6.45) is 11.2. The minimum Gasteiger partial charge on any atom is -0.496 e. The number of nitrogens with two attached hydrogens (primary N) is 1. The molecule has 0 saturated heterocycles. The Hall–Kier alpha value is -2.07. The molecule has 0 aromatic heterocycles. The van der Waals surface area contributed by atoms with Gasteiger partial charge in [-0.25, -0.2) is 0 Å². The third-order valence-electron chi connectivity index (χ3n) is 4.91. The summed E-state index contributed by atoms with van der Waals surface area (Å²) in [5.74, 6) is 2.60. The van der Waals surface area contributed by atoms with E-state index in [1.165, 1.54) is 5.56 Å². The number of hydrogen-bond acceptors (Lipinski definition) is 4. The van der Waals surface area contributed by atoms with Crippen LogP contribution in [0.15, 0.2) is 53.7 Å². The number of amidine groups is 1. The number of para-hydroxylation sites is 1. The highest BCUT2D eigenvalue weighted by Crippen LogP contribution is 2.30. The number of hydrogen-bond donors (Lipinski definition) is 1. The van der Waals surface area contributed by atoms with Gasteiger partial charge < -0.3 is 15.4 Å². The molecule has 4 heteroatoms. The Balaban J connectivity index is 1.80. The van der Waals surface area contributed by atoms with Gasteiger partial charge in [0.2, 0.25) is 0 Å². The van der Waals surface area contributed by atoms with E-state index >= 15 is 0 Å². The molecule has 0 spiro atoms. The number of aliphatic imine (C=N–C) groups is 1. The number of allylic oxidation sites excluding steroid dienone is 2. The zero-order valence-electron chi connectivity index (χ0n) is 15.4. The molecule has 0 fully saturated rings. The lowest BCUT2D eigenvalue weighted by atomic mass is 9.91. The summed E-state index contributed by atoms with van der Waals surface area (Å²) in [5, 5.41) is 0. The normalized spacial score (nSPS) is 22.9. The molecule has 1 aromatic rings. The van der Waals surface area contributed by atoms with E-state index in [1.807, 2.05) is 18.2 Å². The summed E-state index contributed by atoms with van der Waals surface area (Å²) in [4.78, 5) is 7.26. The maximum atomic E-state index is 6.41. The predicted molar refractivity (Wildman–Crippen MR) is 104 cm³/mol. The van der Waals surface area contributed by atoms with Crippen molar-refractivity contribution < 1.29 is 4.74 Å². The van der Waals surface area contributed by atoms with Crippen molar-refractivity contribution in [1.82, 2.24) is 4.90 Å². The first-order valence-corrected chi connectivity index (χ1v) is 9.17. The van der Waals surface area contributed by atoms with Crippen LogP contribution in [0.3, 0.4) is 0 Å². The van der Waals surface area contributed by atoms with Crippen LogP contribution in [-0.2, 0) is 6.42 Å². The van der Waals surface area contributed by atoms with Gasteiger partial charge in [0.1, 0.15) is 11.6 Å². The highest BCUT2D eigenvalue weighted by atomic mass is 16.5. The van der Waals surface area contributed by atoms with Gasteiger partial charge >= 0.3 is 0 Å². The van der Waals surface area contributed by atoms with Gasteiger partial charge in [0.15, 0.2) is 0 Å². The minimum atomic E-state index is 0.184. The van der Waals surface area contributed by atoms with E-state index in [4.69, 9.17) is 15.5 Å². The van der Waals surface area contributed by atoms with Gasteiger partial charge in [-0.05, 0) is 49.0 Å². The SMILES string of the molecule is COc1ccccc1CC1C(CC(N)CC(C)C)N=C2C=CC=CN21. The van der Waals surface area contributed by atoms with Crippen LogP contribution in [0.4, 0.5) is 0 Å². The Kier molecular flexibility index (Phi) is 5.59. The predicted octanol–water partition coefficient (Wildman–Crippen LogP) is 3.54. The maximum Gasteiger partial charge on any atom is 0.128 e. The van der Waals surface area contributed by atoms with Crippen molar-refractivity contribution in [1.29, 1.82) is 0 Å². The number of rotatable bonds is 7. The summed E-state index contributed by atoms with van der Waals surface area (Å²) >= 11 is 0. The van der Waals surface area contributed by atoms with Crippen molar-refractivity contribution in [2.75, 3.05) is 7.11 Å². The zero-order chi connectivity index (χ0) is 17.8. The monoisotopic (exact) mass is 339 g/mol. The average Bonchev–Trinajstić information content (AvgIpc) is 2.92. The van der Waals surface area contributed by atoms with Gasteiger partial charge in [0.25, 0.3) is 0 Å². The van der Waals surface area contributed by atoms with Crippen LogP contribution in [0.25, 0.3) is 0 Å². The van der Waals surface area contributed by atoms with Crippen molar-refractivity contribution in [3.05, 3.63) is 54.3 Å². The number of methoxy groups -OCH3 is 1. The second-order valence-electron chi connectivity index (χ2n) is 7.37. The summed E-state index contributed by atoms with van der Waals surface area (Å²) in [6, 6.07) is 8.93. The Morgan fingerprint density at radius 1 is 1.24 bits per heavy atom. The summed E-state index contributed by atoms with van der Waals surface area (Å²) in [6.45, 7) is 4.45. The fourth-order valence-corrected chi connectivity index (χ4v) is 3.83. The molecule has 0 saturated carbocycles. The summed E-state index contributed by atoms with van der Waals surface area (Å²) < 4.78 is 5.55. The first kappa shape index (κ1) is 17.7. The van der Waals surface area contributed by atoms with Crippen molar-refractivity contribution in [3.8, 4) is 5.75 Å². The quantitative estimate of drug-likeness (QED) is 0.827.